The molecule has 1 fully saturated rings. The molecule has 0 bridgehead atoms. The van der Waals surface area contributed by atoms with Gasteiger partial charge in [-0.2, -0.15) is 5.10 Å². The molecule has 11 heteroatoms. The van der Waals surface area contributed by atoms with Gasteiger partial charge in [-0.1, -0.05) is 5.21 Å². The Bertz CT molecular complexity index is 1060. The maximum atomic E-state index is 12.5. The fourth-order valence-electron chi connectivity index (χ4n) is 3.46. The van der Waals surface area contributed by atoms with Crippen LogP contribution >= 0.6 is 0 Å². The Morgan fingerprint density at radius 2 is 1.87 bits per heavy atom. The molecule has 0 spiro atoms. The van der Waals surface area contributed by atoms with Crippen LogP contribution in [0.5, 0.6) is 0 Å². The highest BCUT2D eigenvalue weighted by Gasteiger charge is 2.35. The summed E-state index contributed by atoms with van der Waals surface area (Å²) in [5.74, 6) is -1.14. The minimum atomic E-state index is -1.05. The summed E-state index contributed by atoms with van der Waals surface area (Å²) in [7, 11) is 1.76. The number of aliphatic hydroxyl groups is 1. The third-order valence-corrected chi connectivity index (χ3v) is 5.20. The van der Waals surface area contributed by atoms with E-state index in [9.17, 15) is 14.7 Å². The van der Waals surface area contributed by atoms with Crippen LogP contribution in [0.3, 0.4) is 0 Å². The lowest BCUT2D eigenvalue weighted by Gasteiger charge is -2.37. The SMILES string of the molecule is Cn1cc(C(=O)N2CCC(O)(Cn3cc(-c4ccc(C(=O)O)cn4)nn3)CC2)cn1. The molecule has 1 saturated heterocycles. The third kappa shape index (κ3) is 4.06. The van der Waals surface area contributed by atoms with Crippen molar-refractivity contribution in [3.8, 4) is 11.4 Å². The topological polar surface area (TPSA) is 139 Å². The number of amides is 1. The number of likely N-dealkylation sites (tertiary alicyclic amines) is 1. The molecule has 0 unspecified atom stereocenters. The third-order valence-electron chi connectivity index (χ3n) is 5.20. The predicted molar refractivity (Wildman–Crippen MR) is 104 cm³/mol. The smallest absolute Gasteiger partial charge is 0.337 e. The number of hydrogen-bond acceptors (Lipinski definition) is 7. The summed E-state index contributed by atoms with van der Waals surface area (Å²) in [5.41, 5.74) is 0.602. The highest BCUT2D eigenvalue weighted by molar-refractivity contribution is 5.93. The number of carbonyl (C=O) groups excluding carboxylic acids is 1. The highest BCUT2D eigenvalue weighted by Crippen LogP contribution is 2.25. The average molecular weight is 411 g/mol. The van der Waals surface area contributed by atoms with Crippen LogP contribution in [0.4, 0.5) is 0 Å². The van der Waals surface area contributed by atoms with Crippen LogP contribution in [0.1, 0.15) is 33.6 Å². The molecular weight excluding hydrogens is 390 g/mol. The van der Waals surface area contributed by atoms with Crippen LogP contribution in [0, 0.1) is 0 Å². The molecule has 156 valence electrons. The Labute approximate surface area is 171 Å². The van der Waals surface area contributed by atoms with E-state index >= 15 is 0 Å². The average Bonchev–Trinajstić information content (AvgIpc) is 3.37. The first-order valence-corrected chi connectivity index (χ1v) is 9.43. The van der Waals surface area contributed by atoms with Gasteiger partial charge in [-0.25, -0.2) is 9.48 Å². The number of carboxylic acids is 1. The molecule has 1 aliphatic heterocycles. The van der Waals surface area contributed by atoms with Crippen molar-refractivity contribution in [1.29, 1.82) is 0 Å². The second-order valence-corrected chi connectivity index (χ2v) is 7.46. The van der Waals surface area contributed by atoms with Gasteiger partial charge in [-0.3, -0.25) is 14.5 Å². The van der Waals surface area contributed by atoms with Crippen molar-refractivity contribution in [1.82, 2.24) is 34.7 Å². The number of aryl methyl sites for hydroxylation is 1. The summed E-state index contributed by atoms with van der Waals surface area (Å²) in [6, 6.07) is 3.02. The van der Waals surface area contributed by atoms with E-state index in [0.29, 0.717) is 42.9 Å². The Morgan fingerprint density at radius 3 is 2.47 bits per heavy atom. The Hall–Kier alpha value is -3.60. The van der Waals surface area contributed by atoms with E-state index in [4.69, 9.17) is 5.11 Å². The van der Waals surface area contributed by atoms with E-state index in [0.717, 1.165) is 0 Å². The molecule has 1 aliphatic rings. The minimum absolute atomic E-state index is 0.0908. The summed E-state index contributed by atoms with van der Waals surface area (Å²) < 4.78 is 3.13. The number of hydrogen-bond donors (Lipinski definition) is 2. The van der Waals surface area contributed by atoms with Gasteiger partial charge in [-0.15, -0.1) is 5.10 Å². The van der Waals surface area contributed by atoms with Crippen LogP contribution in [-0.2, 0) is 13.6 Å². The summed E-state index contributed by atoms with van der Waals surface area (Å²) in [4.78, 5) is 29.3. The van der Waals surface area contributed by atoms with Gasteiger partial charge >= 0.3 is 5.97 Å². The van der Waals surface area contributed by atoms with Crippen molar-refractivity contribution in [2.75, 3.05) is 13.1 Å². The predicted octanol–water partition coefficient (Wildman–Crippen LogP) is 0.439. The van der Waals surface area contributed by atoms with E-state index in [1.807, 2.05) is 0 Å². The molecule has 0 aromatic carbocycles. The molecule has 3 aromatic heterocycles. The zero-order valence-corrected chi connectivity index (χ0v) is 16.3. The van der Waals surface area contributed by atoms with Gasteiger partial charge in [0.15, 0.2) is 0 Å². The van der Waals surface area contributed by atoms with Gasteiger partial charge in [-0.05, 0) is 25.0 Å². The number of pyridine rings is 1. The van der Waals surface area contributed by atoms with Gasteiger partial charge in [0.25, 0.3) is 5.91 Å². The molecule has 4 heterocycles. The van der Waals surface area contributed by atoms with Crippen LogP contribution in [-0.4, -0.2) is 75.4 Å². The fraction of sp³-hybridized carbons (Fsp3) is 0.368. The second kappa shape index (κ2) is 7.67. The molecule has 0 radical (unpaired) electrons. The van der Waals surface area contributed by atoms with E-state index in [1.54, 1.807) is 39.8 Å². The van der Waals surface area contributed by atoms with Crippen LogP contribution in [0.2, 0.25) is 0 Å². The zero-order chi connectivity index (χ0) is 21.3. The van der Waals surface area contributed by atoms with E-state index in [-0.39, 0.29) is 18.0 Å². The summed E-state index contributed by atoms with van der Waals surface area (Å²) in [6.45, 7) is 1.11. The Morgan fingerprint density at radius 1 is 1.10 bits per heavy atom. The number of carbonyl (C=O) groups is 2. The maximum Gasteiger partial charge on any atom is 0.337 e. The molecular formula is C19H21N7O4. The van der Waals surface area contributed by atoms with Crippen LogP contribution in [0.15, 0.2) is 36.9 Å². The number of piperidine rings is 1. The molecule has 3 aromatic rings. The number of nitrogens with zero attached hydrogens (tertiary/aromatic N) is 7. The highest BCUT2D eigenvalue weighted by atomic mass is 16.4. The molecule has 2 N–H and O–H groups in total. The zero-order valence-electron chi connectivity index (χ0n) is 16.3. The van der Waals surface area contributed by atoms with Crippen molar-refractivity contribution in [3.05, 3.63) is 48.0 Å². The molecule has 30 heavy (non-hydrogen) atoms. The summed E-state index contributed by atoms with van der Waals surface area (Å²) >= 11 is 0. The summed E-state index contributed by atoms with van der Waals surface area (Å²) in [6.07, 6.45) is 6.97. The maximum absolute atomic E-state index is 12.5. The number of rotatable bonds is 5. The molecule has 11 nitrogen and oxygen atoms in total. The van der Waals surface area contributed by atoms with Crippen LogP contribution < -0.4 is 0 Å². The lowest BCUT2D eigenvalue weighted by Crippen LogP contribution is -2.48. The fourth-order valence-corrected chi connectivity index (χ4v) is 3.46. The summed E-state index contributed by atoms with van der Waals surface area (Å²) in [5, 5.41) is 32.0. The van der Waals surface area contributed by atoms with Crippen molar-refractivity contribution < 1.29 is 19.8 Å². The number of aromatic nitrogens is 6. The standard InChI is InChI=1S/C19H21N7O4/c1-24-10-14(9-21-24)17(27)25-6-4-19(30,5-7-25)12-26-11-16(22-23-26)15-3-2-13(8-20-15)18(28)29/h2-3,8-11,30H,4-7,12H2,1H3,(H,28,29). The lowest BCUT2D eigenvalue weighted by molar-refractivity contribution is -0.0318. The van der Waals surface area contributed by atoms with Crippen molar-refractivity contribution in [3.63, 3.8) is 0 Å². The largest absolute Gasteiger partial charge is 0.478 e. The Kier molecular flexibility index (Phi) is 5.04. The quantitative estimate of drug-likeness (QED) is 0.616. The van der Waals surface area contributed by atoms with Crippen molar-refractivity contribution in [2.24, 2.45) is 7.05 Å². The van der Waals surface area contributed by atoms with E-state index < -0.39 is 11.6 Å². The number of carboxylic acid groups (broad SMARTS) is 1. The molecule has 0 aliphatic carbocycles. The molecule has 0 atom stereocenters. The van der Waals surface area contributed by atoms with Crippen molar-refractivity contribution in [2.45, 2.75) is 25.0 Å². The molecule has 4 rings (SSSR count). The lowest BCUT2D eigenvalue weighted by atomic mass is 9.91. The normalized spacial score (nSPS) is 15.9. The first-order valence-electron chi connectivity index (χ1n) is 9.43. The second-order valence-electron chi connectivity index (χ2n) is 7.46. The van der Waals surface area contributed by atoms with Gasteiger partial charge < -0.3 is 15.1 Å². The van der Waals surface area contributed by atoms with E-state index in [2.05, 4.69) is 20.4 Å². The minimum Gasteiger partial charge on any atom is -0.478 e. The van der Waals surface area contributed by atoms with Crippen LogP contribution in [0.25, 0.3) is 11.4 Å². The van der Waals surface area contributed by atoms with Crippen molar-refractivity contribution >= 4 is 11.9 Å². The first kappa shape index (κ1) is 19.7. The molecule has 1 amide bonds. The monoisotopic (exact) mass is 411 g/mol. The van der Waals surface area contributed by atoms with Gasteiger partial charge in [0.2, 0.25) is 0 Å². The van der Waals surface area contributed by atoms with Gasteiger partial charge in [0.1, 0.15) is 5.69 Å². The van der Waals surface area contributed by atoms with Gasteiger partial charge in [0.05, 0.1) is 41.4 Å². The number of aromatic carboxylic acids is 1. The first-order chi connectivity index (χ1) is 14.3. The van der Waals surface area contributed by atoms with Gasteiger partial charge in [0, 0.05) is 32.5 Å². The van der Waals surface area contributed by atoms with E-state index in [1.165, 1.54) is 18.5 Å². The molecule has 0 saturated carbocycles. The Balaban J connectivity index is 1.38.